The number of Topliss-reactive ketones (excluding diaryl/α,β-unsaturated/α-hetero) is 1. The average molecular weight is 368 g/mol. The van der Waals surface area contributed by atoms with Gasteiger partial charge in [-0.2, -0.15) is 0 Å². The second-order valence-corrected chi connectivity index (χ2v) is 7.60. The van der Waals surface area contributed by atoms with E-state index < -0.39 is 7.12 Å². The minimum Gasteiger partial charge on any atom is -0.497 e. The minimum atomic E-state index is -0.412. The third-order valence-corrected chi connectivity index (χ3v) is 5.19. The number of hydrogen-bond donors (Lipinski definition) is 0. The van der Waals surface area contributed by atoms with E-state index in [-0.39, 0.29) is 23.6 Å². The molecule has 1 heterocycles. The van der Waals surface area contributed by atoms with Gasteiger partial charge in [0.25, 0.3) is 0 Å². The summed E-state index contributed by atoms with van der Waals surface area (Å²) in [6, 6.07) is 14.4. The maximum Gasteiger partial charge on any atom is 0.494 e. The van der Waals surface area contributed by atoms with Gasteiger partial charge in [-0.05, 0) is 69.6 Å². The third-order valence-electron chi connectivity index (χ3n) is 5.19. The smallest absolute Gasteiger partial charge is 0.494 e. The molecule has 27 heavy (non-hydrogen) atoms. The summed E-state index contributed by atoms with van der Waals surface area (Å²) in [6.07, 6.45) is 0. The van der Waals surface area contributed by atoms with Crippen LogP contribution in [0.5, 0.6) is 11.5 Å². The van der Waals surface area contributed by atoms with E-state index >= 15 is 0 Å². The molecule has 0 radical (unpaired) electrons. The molecule has 142 valence electrons. The van der Waals surface area contributed by atoms with Crippen molar-refractivity contribution in [2.45, 2.75) is 38.9 Å². The van der Waals surface area contributed by atoms with E-state index in [0.717, 1.165) is 5.46 Å². The summed E-state index contributed by atoms with van der Waals surface area (Å²) in [6.45, 7) is 8.07. The fourth-order valence-electron chi connectivity index (χ4n) is 2.71. The van der Waals surface area contributed by atoms with Crippen molar-refractivity contribution in [3.05, 3.63) is 54.1 Å². The lowest BCUT2D eigenvalue weighted by atomic mass is 9.79. The Kier molecular flexibility index (Phi) is 5.31. The molecule has 0 aromatic heterocycles. The highest BCUT2D eigenvalue weighted by molar-refractivity contribution is 6.62. The molecule has 0 aliphatic carbocycles. The van der Waals surface area contributed by atoms with E-state index in [0.29, 0.717) is 17.1 Å². The van der Waals surface area contributed by atoms with Crippen LogP contribution in [0.1, 0.15) is 38.1 Å². The Labute approximate surface area is 160 Å². The van der Waals surface area contributed by atoms with Gasteiger partial charge < -0.3 is 18.8 Å². The van der Waals surface area contributed by atoms with E-state index in [1.165, 1.54) is 0 Å². The van der Waals surface area contributed by atoms with E-state index in [1.807, 2.05) is 52.0 Å². The SMILES string of the molecule is COc1ccc(C(=O)COc2ccc(B3OC(C)(C)C(C)(C)O3)cc2)cc1. The highest BCUT2D eigenvalue weighted by atomic mass is 16.7. The Morgan fingerprint density at radius 1 is 0.889 bits per heavy atom. The molecule has 0 amide bonds. The van der Waals surface area contributed by atoms with Crippen molar-refractivity contribution >= 4 is 18.4 Å². The molecule has 0 saturated carbocycles. The van der Waals surface area contributed by atoms with Crippen molar-refractivity contribution in [2.24, 2.45) is 0 Å². The number of rotatable bonds is 6. The first-order valence-corrected chi connectivity index (χ1v) is 8.97. The van der Waals surface area contributed by atoms with Gasteiger partial charge in [0.2, 0.25) is 0 Å². The van der Waals surface area contributed by atoms with Gasteiger partial charge in [0.05, 0.1) is 18.3 Å². The molecule has 1 aliphatic heterocycles. The summed E-state index contributed by atoms with van der Waals surface area (Å²) in [4.78, 5) is 12.2. The fraction of sp³-hybridized carbons (Fsp3) is 0.381. The number of methoxy groups -OCH3 is 1. The minimum absolute atomic E-state index is 0.0256. The van der Waals surface area contributed by atoms with Crippen LogP contribution >= 0.6 is 0 Å². The molecule has 1 fully saturated rings. The summed E-state index contributed by atoms with van der Waals surface area (Å²) in [7, 11) is 1.18. The van der Waals surface area contributed by atoms with Gasteiger partial charge in [-0.3, -0.25) is 4.79 Å². The van der Waals surface area contributed by atoms with Crippen molar-refractivity contribution in [2.75, 3.05) is 13.7 Å². The zero-order valence-corrected chi connectivity index (χ0v) is 16.4. The molecule has 3 rings (SSSR count). The molecule has 0 N–H and O–H groups in total. The second kappa shape index (κ2) is 7.37. The predicted octanol–water partition coefficient (Wildman–Crippen LogP) is 3.26. The van der Waals surface area contributed by atoms with Crippen LogP contribution < -0.4 is 14.9 Å². The summed E-state index contributed by atoms with van der Waals surface area (Å²) in [5, 5.41) is 0. The lowest BCUT2D eigenvalue weighted by Gasteiger charge is -2.32. The number of carbonyl (C=O) groups excluding carboxylic acids is 1. The molecule has 0 atom stereocenters. The largest absolute Gasteiger partial charge is 0.497 e. The number of benzene rings is 2. The van der Waals surface area contributed by atoms with Crippen molar-refractivity contribution in [3.63, 3.8) is 0 Å². The van der Waals surface area contributed by atoms with E-state index in [1.54, 1.807) is 31.4 Å². The number of carbonyl (C=O) groups is 1. The van der Waals surface area contributed by atoms with Crippen molar-refractivity contribution in [1.82, 2.24) is 0 Å². The molecule has 2 aromatic carbocycles. The third kappa shape index (κ3) is 4.17. The monoisotopic (exact) mass is 368 g/mol. The molecular formula is C21H25BO5. The van der Waals surface area contributed by atoms with Gasteiger partial charge >= 0.3 is 7.12 Å². The lowest BCUT2D eigenvalue weighted by molar-refractivity contribution is 0.00578. The predicted molar refractivity (Wildman–Crippen MR) is 105 cm³/mol. The lowest BCUT2D eigenvalue weighted by Crippen LogP contribution is -2.41. The molecule has 6 heteroatoms. The highest BCUT2D eigenvalue weighted by Gasteiger charge is 2.51. The first-order valence-electron chi connectivity index (χ1n) is 8.97. The zero-order chi connectivity index (χ0) is 19.7. The zero-order valence-electron chi connectivity index (χ0n) is 16.4. The molecule has 0 spiro atoms. The number of hydrogen-bond acceptors (Lipinski definition) is 5. The molecular weight excluding hydrogens is 343 g/mol. The van der Waals surface area contributed by atoms with Crippen molar-refractivity contribution < 1.29 is 23.6 Å². The van der Waals surface area contributed by atoms with Gasteiger partial charge in [-0.15, -0.1) is 0 Å². The first kappa shape index (κ1) is 19.5. The van der Waals surface area contributed by atoms with Crippen LogP contribution in [0.25, 0.3) is 0 Å². The van der Waals surface area contributed by atoms with Crippen LogP contribution in [0.2, 0.25) is 0 Å². The topological polar surface area (TPSA) is 54.0 Å². The van der Waals surface area contributed by atoms with Crippen LogP contribution in [0.3, 0.4) is 0 Å². The van der Waals surface area contributed by atoms with Gasteiger partial charge in [0.1, 0.15) is 11.5 Å². The van der Waals surface area contributed by atoms with Gasteiger partial charge in [-0.1, -0.05) is 12.1 Å². The molecule has 5 nitrogen and oxygen atoms in total. The Morgan fingerprint density at radius 3 is 1.93 bits per heavy atom. The molecule has 1 saturated heterocycles. The van der Waals surface area contributed by atoms with Crippen LogP contribution in [-0.4, -0.2) is 37.8 Å². The Morgan fingerprint density at radius 2 is 1.41 bits per heavy atom. The number of ketones is 1. The Bertz CT molecular complexity index is 780. The summed E-state index contributed by atoms with van der Waals surface area (Å²) in [5.41, 5.74) is 0.752. The van der Waals surface area contributed by atoms with E-state index in [4.69, 9.17) is 18.8 Å². The molecule has 2 aromatic rings. The van der Waals surface area contributed by atoms with Gasteiger partial charge in [0, 0.05) is 5.56 Å². The highest BCUT2D eigenvalue weighted by Crippen LogP contribution is 2.36. The standard InChI is InChI=1S/C21H25BO5/c1-20(2)21(3,4)27-22(26-20)16-8-12-18(13-9-16)25-14-19(23)15-6-10-17(24-5)11-7-15/h6-13H,14H2,1-5H3. The van der Waals surface area contributed by atoms with Crippen LogP contribution in [0.4, 0.5) is 0 Å². The van der Waals surface area contributed by atoms with Crippen LogP contribution in [0.15, 0.2) is 48.5 Å². The number of ether oxygens (including phenoxy) is 2. The summed E-state index contributed by atoms with van der Waals surface area (Å²) in [5.74, 6) is 1.25. The maximum absolute atomic E-state index is 12.2. The average Bonchev–Trinajstić information content (AvgIpc) is 2.87. The first-order chi connectivity index (χ1) is 12.7. The van der Waals surface area contributed by atoms with E-state index in [2.05, 4.69) is 0 Å². The normalized spacial score (nSPS) is 17.6. The van der Waals surface area contributed by atoms with Gasteiger partial charge in [-0.25, -0.2) is 0 Å². The second-order valence-electron chi connectivity index (χ2n) is 7.60. The summed E-state index contributed by atoms with van der Waals surface area (Å²) < 4.78 is 22.8. The van der Waals surface area contributed by atoms with E-state index in [9.17, 15) is 4.79 Å². The van der Waals surface area contributed by atoms with Crippen molar-refractivity contribution in [1.29, 1.82) is 0 Å². The fourth-order valence-corrected chi connectivity index (χ4v) is 2.71. The van der Waals surface area contributed by atoms with Gasteiger partial charge in [0.15, 0.2) is 12.4 Å². The molecule has 0 unspecified atom stereocenters. The Balaban J connectivity index is 1.59. The quantitative estimate of drug-likeness (QED) is 0.579. The molecule has 1 aliphatic rings. The Hall–Kier alpha value is -2.31. The van der Waals surface area contributed by atoms with Crippen LogP contribution in [-0.2, 0) is 9.31 Å². The van der Waals surface area contributed by atoms with Crippen molar-refractivity contribution in [3.8, 4) is 11.5 Å². The molecule has 0 bridgehead atoms. The maximum atomic E-state index is 12.2. The van der Waals surface area contributed by atoms with Crippen LogP contribution in [0, 0.1) is 0 Å². The summed E-state index contributed by atoms with van der Waals surface area (Å²) >= 11 is 0.